The van der Waals surface area contributed by atoms with Gasteiger partial charge in [-0.3, -0.25) is 4.79 Å². The minimum Gasteiger partial charge on any atom is -0.506 e. The van der Waals surface area contributed by atoms with E-state index in [9.17, 15) is 9.90 Å². The first-order valence-electron chi connectivity index (χ1n) is 7.55. The zero-order chi connectivity index (χ0) is 18.7. The highest BCUT2D eigenvalue weighted by Gasteiger charge is 2.17. The first-order chi connectivity index (χ1) is 12.5. The van der Waals surface area contributed by atoms with Gasteiger partial charge in [-0.2, -0.15) is 0 Å². The van der Waals surface area contributed by atoms with Gasteiger partial charge in [0.15, 0.2) is 0 Å². The second-order valence-electron chi connectivity index (χ2n) is 5.37. The van der Waals surface area contributed by atoms with Gasteiger partial charge in [0.25, 0.3) is 5.91 Å². The largest absolute Gasteiger partial charge is 0.506 e. The lowest BCUT2D eigenvalue weighted by atomic mass is 10.1. The number of aromatic hydroxyl groups is 1. The molecule has 130 valence electrons. The highest BCUT2D eigenvalue weighted by molar-refractivity contribution is 6.36. The molecule has 0 saturated carbocycles. The Kier molecular flexibility index (Phi) is 5.22. The summed E-state index contributed by atoms with van der Waals surface area (Å²) in [6.45, 7) is 0. The van der Waals surface area contributed by atoms with E-state index in [1.807, 2.05) is 12.1 Å². The van der Waals surface area contributed by atoms with Gasteiger partial charge in [0.05, 0.1) is 23.4 Å². The van der Waals surface area contributed by atoms with E-state index in [2.05, 4.69) is 17.4 Å². The zero-order valence-electron chi connectivity index (χ0n) is 13.6. The van der Waals surface area contributed by atoms with Gasteiger partial charge in [0.2, 0.25) is 0 Å². The molecule has 3 aromatic carbocycles. The molecule has 2 N–H and O–H groups in total. The summed E-state index contributed by atoms with van der Waals surface area (Å²) in [4.78, 5) is 12.6. The average Bonchev–Trinajstić information content (AvgIpc) is 2.65. The van der Waals surface area contributed by atoms with Gasteiger partial charge in [-0.1, -0.05) is 41.4 Å². The summed E-state index contributed by atoms with van der Waals surface area (Å²) in [7, 11) is 1.50. The predicted octanol–water partition coefficient (Wildman–Crippen LogP) is 5.23. The molecule has 3 aromatic rings. The Morgan fingerprint density at radius 1 is 1.12 bits per heavy atom. The molecule has 0 aliphatic heterocycles. The first kappa shape index (κ1) is 17.9. The average molecular weight is 386 g/mol. The van der Waals surface area contributed by atoms with Gasteiger partial charge in [-0.25, -0.2) is 0 Å². The van der Waals surface area contributed by atoms with Crippen LogP contribution in [0.1, 0.15) is 10.4 Å². The Balaban J connectivity index is 1.97. The van der Waals surface area contributed by atoms with E-state index in [4.69, 9.17) is 27.9 Å². The summed E-state index contributed by atoms with van der Waals surface area (Å²) in [5.74, 6) is -0.423. The number of ether oxygens (including phenoxy) is 1. The van der Waals surface area contributed by atoms with Crippen LogP contribution in [0, 0.1) is 12.1 Å². The Morgan fingerprint density at radius 2 is 1.92 bits per heavy atom. The molecule has 3 rings (SSSR count). The van der Waals surface area contributed by atoms with Gasteiger partial charge in [-0.15, -0.1) is 0 Å². The van der Waals surface area contributed by atoms with E-state index in [-0.39, 0.29) is 21.4 Å². The molecule has 0 fully saturated rings. The molecule has 0 spiro atoms. The maximum absolute atomic E-state index is 12.6. The Labute approximate surface area is 161 Å². The van der Waals surface area contributed by atoms with Crippen LogP contribution >= 0.6 is 23.2 Å². The van der Waals surface area contributed by atoms with Crippen molar-refractivity contribution in [2.45, 2.75) is 0 Å². The minimum atomic E-state index is -0.560. The number of phenols is 1. The number of hydrogen-bond acceptors (Lipinski definition) is 3. The fraction of sp³-hybridized carbons (Fsp3) is 0.0500. The van der Waals surface area contributed by atoms with E-state index in [1.54, 1.807) is 24.3 Å². The van der Waals surface area contributed by atoms with Gasteiger partial charge >= 0.3 is 0 Å². The second-order valence-corrected chi connectivity index (χ2v) is 6.22. The molecular formula is C20H13Cl2NO3. The van der Waals surface area contributed by atoms with Crippen molar-refractivity contribution in [3.63, 3.8) is 0 Å². The monoisotopic (exact) mass is 385 g/mol. The maximum Gasteiger partial charge on any atom is 0.259 e. The van der Waals surface area contributed by atoms with Crippen molar-refractivity contribution < 1.29 is 14.6 Å². The lowest BCUT2D eigenvalue weighted by molar-refractivity contribution is 0.102. The lowest BCUT2D eigenvalue weighted by Crippen LogP contribution is -2.13. The maximum atomic E-state index is 12.6. The molecule has 0 aromatic heterocycles. The minimum absolute atomic E-state index is 0.000520. The molecule has 0 aliphatic rings. The lowest BCUT2D eigenvalue weighted by Gasteiger charge is -2.13. The van der Waals surface area contributed by atoms with E-state index in [0.29, 0.717) is 11.4 Å². The summed E-state index contributed by atoms with van der Waals surface area (Å²) in [5.41, 5.74) is 2.19. The molecule has 4 nitrogen and oxygen atoms in total. The fourth-order valence-electron chi connectivity index (χ4n) is 2.44. The molecule has 6 heteroatoms. The van der Waals surface area contributed by atoms with Crippen LogP contribution in [0.5, 0.6) is 11.5 Å². The number of methoxy groups -OCH3 is 1. The third-order valence-corrected chi connectivity index (χ3v) is 4.22. The van der Waals surface area contributed by atoms with Crippen LogP contribution in [-0.2, 0) is 0 Å². The standard InChI is InChI=1S/C20H13Cl2NO3/c1-26-18-8-7-13(12-5-3-2-4-6-12)9-17(18)23-20(25)15-10-14(21)11-16(22)19(15)24/h3,5-11,24H,1H3,(H,23,25). The van der Waals surface area contributed by atoms with Crippen LogP contribution in [0.4, 0.5) is 5.69 Å². The summed E-state index contributed by atoms with van der Waals surface area (Å²) < 4.78 is 5.31. The summed E-state index contributed by atoms with van der Waals surface area (Å²) in [6.07, 6.45) is 0. The van der Waals surface area contributed by atoms with Crippen LogP contribution in [0.3, 0.4) is 0 Å². The second kappa shape index (κ2) is 7.57. The van der Waals surface area contributed by atoms with Crippen LogP contribution < -0.4 is 10.1 Å². The number of halogens is 2. The van der Waals surface area contributed by atoms with E-state index >= 15 is 0 Å². The molecule has 26 heavy (non-hydrogen) atoms. The number of nitrogens with one attached hydrogen (secondary N) is 1. The molecular weight excluding hydrogens is 373 g/mol. The summed E-state index contributed by atoms with van der Waals surface area (Å²) >= 11 is 11.8. The molecule has 0 bridgehead atoms. The van der Waals surface area contributed by atoms with Crippen LogP contribution in [0.2, 0.25) is 10.0 Å². The molecule has 0 atom stereocenters. The quantitative estimate of drug-likeness (QED) is 0.646. The SMILES string of the molecule is COc1ccc(-c2cc#ccc2)cc1NC(=O)c1cc(Cl)cc(Cl)c1O. The molecule has 0 aliphatic carbocycles. The highest BCUT2D eigenvalue weighted by atomic mass is 35.5. The zero-order valence-corrected chi connectivity index (χ0v) is 15.2. The number of carbonyl (C=O) groups is 1. The molecule has 1 amide bonds. The Morgan fingerprint density at radius 3 is 2.62 bits per heavy atom. The molecule has 0 saturated heterocycles. The van der Waals surface area contributed by atoms with Crippen LogP contribution in [0.15, 0.2) is 48.5 Å². The fourth-order valence-corrected chi connectivity index (χ4v) is 2.93. The third kappa shape index (κ3) is 3.70. The number of hydrogen-bond donors (Lipinski definition) is 2. The smallest absolute Gasteiger partial charge is 0.259 e. The van der Waals surface area contributed by atoms with Crippen molar-refractivity contribution in [3.8, 4) is 22.6 Å². The van der Waals surface area contributed by atoms with Crippen LogP contribution in [0.25, 0.3) is 11.1 Å². The highest BCUT2D eigenvalue weighted by Crippen LogP contribution is 2.34. The van der Waals surface area contributed by atoms with Gasteiger partial charge in [0.1, 0.15) is 11.5 Å². The number of carbonyl (C=O) groups excluding carboxylic acids is 1. The number of rotatable bonds is 4. The van der Waals surface area contributed by atoms with Crippen LogP contribution in [-0.4, -0.2) is 18.1 Å². The molecule has 0 heterocycles. The third-order valence-electron chi connectivity index (χ3n) is 3.71. The first-order valence-corrected chi connectivity index (χ1v) is 8.30. The van der Waals surface area contributed by atoms with Crippen molar-refractivity contribution in [2.24, 2.45) is 0 Å². The van der Waals surface area contributed by atoms with E-state index in [1.165, 1.54) is 19.2 Å². The van der Waals surface area contributed by atoms with Gasteiger partial charge in [-0.05, 0) is 53.6 Å². The number of amides is 1. The Hall–Kier alpha value is -2.87. The molecule has 0 radical (unpaired) electrons. The van der Waals surface area contributed by atoms with E-state index in [0.717, 1.165) is 11.1 Å². The topological polar surface area (TPSA) is 58.6 Å². The van der Waals surface area contributed by atoms with Crippen molar-refractivity contribution in [3.05, 3.63) is 76.3 Å². The van der Waals surface area contributed by atoms with Gasteiger partial charge < -0.3 is 15.2 Å². The van der Waals surface area contributed by atoms with E-state index < -0.39 is 5.91 Å². The summed E-state index contributed by atoms with van der Waals surface area (Å²) in [5, 5.41) is 13.0. The number of benzene rings is 2. The number of phenolic OH excluding ortho intramolecular Hbond substituents is 1. The predicted molar refractivity (Wildman–Crippen MR) is 102 cm³/mol. The van der Waals surface area contributed by atoms with Gasteiger partial charge in [0, 0.05) is 5.02 Å². The van der Waals surface area contributed by atoms with Crippen molar-refractivity contribution >= 4 is 34.8 Å². The Bertz CT molecular complexity index is 959. The normalized spacial score (nSPS) is 10.1. The summed E-state index contributed by atoms with van der Waals surface area (Å²) in [6, 6.07) is 19.2. The van der Waals surface area contributed by atoms with Crippen molar-refractivity contribution in [2.75, 3.05) is 12.4 Å². The molecule has 0 unspecified atom stereocenters. The van der Waals surface area contributed by atoms with Crippen molar-refractivity contribution in [1.29, 1.82) is 0 Å². The van der Waals surface area contributed by atoms with Crippen molar-refractivity contribution in [1.82, 2.24) is 0 Å². The number of anilines is 1.